The van der Waals surface area contributed by atoms with Crippen molar-refractivity contribution in [2.45, 2.75) is 13.3 Å². The van der Waals surface area contributed by atoms with Gasteiger partial charge in [0.05, 0.1) is 30.9 Å². The zero-order chi connectivity index (χ0) is 24.7. The number of carboxylic acid groups (broad SMARTS) is 2. The number of aromatic amines is 1. The number of rotatable bonds is 10. The summed E-state index contributed by atoms with van der Waals surface area (Å²) in [4.78, 5) is 39.1. The Morgan fingerprint density at radius 2 is 1.71 bits per heavy atom. The Kier molecular flexibility index (Phi) is 7.79. The lowest BCUT2D eigenvalue weighted by molar-refractivity contribution is -0.142. The van der Waals surface area contributed by atoms with Crippen LogP contribution in [0.5, 0.6) is 0 Å². The van der Waals surface area contributed by atoms with Crippen molar-refractivity contribution in [2.24, 2.45) is 0 Å². The summed E-state index contributed by atoms with van der Waals surface area (Å²) in [6, 6.07) is 17.3. The van der Waals surface area contributed by atoms with Gasteiger partial charge in [0.15, 0.2) is 0 Å². The van der Waals surface area contributed by atoms with Gasteiger partial charge in [-0.05, 0) is 48.2 Å². The zero-order valence-electron chi connectivity index (χ0n) is 18.5. The first-order chi connectivity index (χ1) is 16.3. The van der Waals surface area contributed by atoms with Gasteiger partial charge in [0.1, 0.15) is 6.07 Å². The molecule has 9 nitrogen and oxygen atoms in total. The third-order valence-corrected chi connectivity index (χ3v) is 5.27. The highest BCUT2D eigenvalue weighted by Crippen LogP contribution is 2.35. The second kappa shape index (κ2) is 10.9. The van der Waals surface area contributed by atoms with E-state index in [1.54, 1.807) is 24.4 Å². The van der Waals surface area contributed by atoms with Crippen LogP contribution in [0.1, 0.15) is 22.3 Å². The number of anilines is 1. The second-order valence-corrected chi connectivity index (χ2v) is 7.80. The Morgan fingerprint density at radius 1 is 1.03 bits per heavy atom. The molecule has 4 N–H and O–H groups in total. The Bertz CT molecular complexity index is 1210. The van der Waals surface area contributed by atoms with Crippen LogP contribution >= 0.6 is 0 Å². The molecule has 0 spiro atoms. The average Bonchev–Trinajstić information content (AvgIpc) is 3.29. The Hall–Kier alpha value is -4.42. The highest BCUT2D eigenvalue weighted by Gasteiger charge is 2.22. The van der Waals surface area contributed by atoms with Crippen molar-refractivity contribution in [1.29, 1.82) is 5.26 Å². The molecule has 0 saturated heterocycles. The number of aromatic nitrogens is 1. The number of nitrogens with one attached hydrogen (secondary N) is 2. The van der Waals surface area contributed by atoms with E-state index in [0.717, 1.165) is 21.6 Å². The number of aliphatic carboxylic acids is 2. The first kappa shape index (κ1) is 24.2. The lowest BCUT2D eigenvalue weighted by Gasteiger charge is -2.20. The molecule has 34 heavy (non-hydrogen) atoms. The number of amides is 1. The van der Waals surface area contributed by atoms with Crippen molar-refractivity contribution in [3.63, 3.8) is 0 Å². The number of hydrogen-bond acceptors (Lipinski definition) is 5. The molecule has 0 aliphatic heterocycles. The summed E-state index contributed by atoms with van der Waals surface area (Å²) in [5.74, 6) is -3.07. The van der Waals surface area contributed by atoms with E-state index in [4.69, 9.17) is 10.2 Å². The summed E-state index contributed by atoms with van der Waals surface area (Å²) in [6.45, 7) is 0.225. The number of carbonyl (C=O) groups excluding carboxylic acids is 1. The quantitative estimate of drug-likeness (QED) is 0.364. The van der Waals surface area contributed by atoms with E-state index in [-0.39, 0.29) is 0 Å². The van der Waals surface area contributed by atoms with Gasteiger partial charge in [0.2, 0.25) is 5.91 Å². The maximum atomic E-state index is 12.8. The minimum atomic E-state index is -1.24. The molecule has 0 bridgehead atoms. The average molecular weight is 460 g/mol. The molecule has 1 heterocycles. The van der Waals surface area contributed by atoms with Crippen LogP contribution in [0, 0.1) is 18.3 Å². The van der Waals surface area contributed by atoms with Gasteiger partial charge in [0.25, 0.3) is 0 Å². The molecule has 2 aromatic carbocycles. The van der Waals surface area contributed by atoms with Crippen LogP contribution in [-0.2, 0) is 20.8 Å². The number of hydrogen-bond donors (Lipinski definition) is 4. The van der Waals surface area contributed by atoms with E-state index in [9.17, 15) is 19.6 Å². The molecule has 174 valence electrons. The van der Waals surface area contributed by atoms with Crippen LogP contribution in [0.4, 0.5) is 5.69 Å². The number of nitrogens with zero attached hydrogens (tertiary/aromatic N) is 2. The van der Waals surface area contributed by atoms with Gasteiger partial charge < -0.3 is 20.5 Å². The van der Waals surface area contributed by atoms with Crippen LogP contribution in [0.25, 0.3) is 11.3 Å². The van der Waals surface area contributed by atoms with Gasteiger partial charge in [-0.15, -0.1) is 0 Å². The van der Waals surface area contributed by atoms with Crippen molar-refractivity contribution in [3.05, 3.63) is 77.0 Å². The lowest BCUT2D eigenvalue weighted by atomic mass is 9.91. The predicted molar refractivity (Wildman–Crippen MR) is 125 cm³/mol. The van der Waals surface area contributed by atoms with Crippen LogP contribution in [0.15, 0.2) is 54.7 Å². The Labute approximate surface area is 196 Å². The van der Waals surface area contributed by atoms with Crippen LogP contribution in [0.3, 0.4) is 0 Å². The molecular weight excluding hydrogens is 436 g/mol. The standard InChI is InChI=1S/C25H24N4O5/c1-16-18(10-17-6-3-2-4-7-17)11-21(25(19(16)12-26)20-8-5-9-27-20)28-22(30)13-29(14-23(31)32)15-24(33)34/h2-9,11,27H,10,13-15H2,1H3,(H,28,30)(H,31,32)(H,33,34). The van der Waals surface area contributed by atoms with Crippen molar-refractivity contribution in [1.82, 2.24) is 9.88 Å². The van der Waals surface area contributed by atoms with Crippen molar-refractivity contribution >= 4 is 23.5 Å². The normalized spacial score (nSPS) is 10.6. The molecule has 0 radical (unpaired) electrons. The fraction of sp³-hybridized carbons (Fsp3) is 0.200. The van der Waals surface area contributed by atoms with Gasteiger partial charge in [-0.2, -0.15) is 5.26 Å². The Morgan fingerprint density at radius 3 is 2.26 bits per heavy atom. The maximum absolute atomic E-state index is 12.8. The third-order valence-electron chi connectivity index (χ3n) is 5.27. The van der Waals surface area contributed by atoms with E-state index in [1.165, 1.54) is 0 Å². The van der Waals surface area contributed by atoms with Crippen LogP contribution in [0.2, 0.25) is 0 Å². The minimum Gasteiger partial charge on any atom is -0.480 e. The molecule has 0 unspecified atom stereocenters. The molecule has 1 aromatic heterocycles. The monoisotopic (exact) mass is 460 g/mol. The van der Waals surface area contributed by atoms with E-state index in [0.29, 0.717) is 28.9 Å². The van der Waals surface area contributed by atoms with E-state index in [1.807, 2.05) is 37.3 Å². The fourth-order valence-electron chi connectivity index (χ4n) is 3.78. The van der Waals surface area contributed by atoms with E-state index in [2.05, 4.69) is 16.4 Å². The smallest absolute Gasteiger partial charge is 0.317 e. The highest BCUT2D eigenvalue weighted by molar-refractivity contribution is 5.98. The molecule has 3 aromatic rings. The second-order valence-electron chi connectivity index (χ2n) is 7.80. The molecule has 0 saturated carbocycles. The van der Waals surface area contributed by atoms with Gasteiger partial charge in [-0.3, -0.25) is 19.3 Å². The molecule has 0 aliphatic rings. The largest absolute Gasteiger partial charge is 0.480 e. The number of H-pyrrole nitrogens is 1. The van der Waals surface area contributed by atoms with Crippen molar-refractivity contribution in [2.75, 3.05) is 25.0 Å². The lowest BCUT2D eigenvalue weighted by Crippen LogP contribution is -2.40. The molecular formula is C25H24N4O5. The molecule has 9 heteroatoms. The summed E-state index contributed by atoms with van der Waals surface area (Å²) in [7, 11) is 0. The molecule has 0 atom stereocenters. The Balaban J connectivity index is 2.00. The minimum absolute atomic E-state index is 0.381. The van der Waals surface area contributed by atoms with E-state index >= 15 is 0 Å². The summed E-state index contributed by atoms with van der Waals surface area (Å²) in [5.41, 5.74) is 4.60. The summed E-state index contributed by atoms with van der Waals surface area (Å²) < 4.78 is 0. The van der Waals surface area contributed by atoms with Gasteiger partial charge in [0, 0.05) is 17.5 Å². The zero-order valence-corrected chi connectivity index (χ0v) is 18.5. The molecule has 3 rings (SSSR count). The first-order valence-electron chi connectivity index (χ1n) is 10.5. The summed E-state index contributed by atoms with van der Waals surface area (Å²) in [6.07, 6.45) is 2.25. The number of nitriles is 1. The van der Waals surface area contributed by atoms with Gasteiger partial charge in [-0.1, -0.05) is 30.3 Å². The maximum Gasteiger partial charge on any atom is 0.317 e. The van der Waals surface area contributed by atoms with E-state index < -0.39 is 37.5 Å². The third kappa shape index (κ3) is 6.09. The van der Waals surface area contributed by atoms with Gasteiger partial charge >= 0.3 is 11.9 Å². The first-order valence-corrected chi connectivity index (χ1v) is 10.5. The summed E-state index contributed by atoms with van der Waals surface area (Å²) in [5, 5.41) is 30.8. The van der Waals surface area contributed by atoms with Crippen LogP contribution in [-0.4, -0.2) is 57.6 Å². The topological polar surface area (TPSA) is 147 Å². The molecule has 0 aliphatic carbocycles. The predicted octanol–water partition coefficient (Wildman–Crippen LogP) is 2.86. The van der Waals surface area contributed by atoms with Crippen molar-refractivity contribution in [3.8, 4) is 17.3 Å². The number of carboxylic acids is 2. The van der Waals surface area contributed by atoms with Gasteiger partial charge in [-0.25, -0.2) is 0 Å². The molecule has 1 amide bonds. The fourth-order valence-corrected chi connectivity index (χ4v) is 3.78. The number of carbonyl (C=O) groups is 3. The molecule has 0 fully saturated rings. The van der Waals surface area contributed by atoms with Crippen molar-refractivity contribution < 1.29 is 24.6 Å². The van der Waals surface area contributed by atoms with Crippen LogP contribution < -0.4 is 5.32 Å². The highest BCUT2D eigenvalue weighted by atomic mass is 16.4. The summed E-state index contributed by atoms with van der Waals surface area (Å²) >= 11 is 0. The number of benzene rings is 2. The SMILES string of the molecule is Cc1c(Cc2ccccc2)cc(NC(=O)CN(CC(=O)O)CC(=O)O)c(-c2ccc[nH]2)c1C#N.